The summed E-state index contributed by atoms with van der Waals surface area (Å²) in [7, 11) is 1.87. The van der Waals surface area contributed by atoms with E-state index in [1.165, 1.54) is 5.56 Å². The molecular formula is C9H13Cl2N3. The molecule has 3 nitrogen and oxygen atoms in total. The highest BCUT2D eigenvalue weighted by Gasteiger charge is 1.97. The first-order chi connectivity index (χ1) is 5.79. The number of fused-ring (bicyclic) bond motifs is 1. The Hall–Kier alpha value is -0.930. The van der Waals surface area contributed by atoms with Gasteiger partial charge in [-0.3, -0.25) is 0 Å². The Bertz CT molecular complexity index is 411. The molecule has 0 spiro atoms. The number of nitrogens with zero attached hydrogens (tertiary/aromatic N) is 2. The number of aryl methyl sites for hydroxylation is 1. The number of hydrogen-bond acceptors (Lipinski definition) is 2. The number of hydrogen-bond donors (Lipinski definition) is 1. The molecule has 0 aliphatic rings. The summed E-state index contributed by atoms with van der Waals surface area (Å²) in [6, 6.07) is 4.12. The Morgan fingerprint density at radius 3 is 2.71 bits per heavy atom. The number of rotatable bonds is 1. The van der Waals surface area contributed by atoms with E-state index in [-0.39, 0.29) is 24.8 Å². The average Bonchev–Trinajstić information content (AvgIpc) is 2.46. The van der Waals surface area contributed by atoms with Gasteiger partial charge in [-0.15, -0.1) is 24.8 Å². The lowest BCUT2D eigenvalue weighted by molar-refractivity contribution is 1.17. The monoisotopic (exact) mass is 233 g/mol. The lowest BCUT2D eigenvalue weighted by atomic mass is 10.3. The standard InChI is InChI=1S/C9H11N3.2ClH/c1-7-3-4-12-6-8(10-2)11-9(12)5-7;;/h3-6,10H,1-2H3;2*1H. The van der Waals surface area contributed by atoms with Crippen molar-refractivity contribution < 1.29 is 0 Å². The summed E-state index contributed by atoms with van der Waals surface area (Å²) in [6.07, 6.45) is 3.98. The predicted octanol–water partition coefficient (Wildman–Crippen LogP) is 2.53. The molecule has 2 aromatic rings. The van der Waals surface area contributed by atoms with Crippen molar-refractivity contribution in [3.8, 4) is 0 Å². The highest BCUT2D eigenvalue weighted by Crippen LogP contribution is 2.09. The van der Waals surface area contributed by atoms with Crippen molar-refractivity contribution in [2.45, 2.75) is 6.92 Å². The fraction of sp³-hybridized carbons (Fsp3) is 0.222. The molecule has 0 aliphatic carbocycles. The molecule has 0 atom stereocenters. The average molecular weight is 234 g/mol. The van der Waals surface area contributed by atoms with Crippen molar-refractivity contribution >= 4 is 36.3 Å². The third-order valence-electron chi connectivity index (χ3n) is 1.87. The molecule has 2 heterocycles. The van der Waals surface area contributed by atoms with Gasteiger partial charge in [0.15, 0.2) is 0 Å². The molecular weight excluding hydrogens is 221 g/mol. The molecule has 0 aliphatic heterocycles. The molecule has 0 fully saturated rings. The molecule has 14 heavy (non-hydrogen) atoms. The lowest BCUT2D eigenvalue weighted by Gasteiger charge is -1.92. The molecule has 0 unspecified atom stereocenters. The number of anilines is 1. The van der Waals surface area contributed by atoms with Gasteiger partial charge in [-0.25, -0.2) is 4.98 Å². The van der Waals surface area contributed by atoms with Crippen LogP contribution in [0.3, 0.4) is 0 Å². The van der Waals surface area contributed by atoms with Crippen LogP contribution in [0.2, 0.25) is 0 Å². The van der Waals surface area contributed by atoms with E-state index >= 15 is 0 Å². The Morgan fingerprint density at radius 1 is 1.36 bits per heavy atom. The van der Waals surface area contributed by atoms with Crippen LogP contribution in [-0.2, 0) is 0 Å². The smallest absolute Gasteiger partial charge is 0.145 e. The molecule has 2 rings (SSSR count). The zero-order valence-electron chi connectivity index (χ0n) is 8.02. The number of halogens is 2. The molecule has 0 amide bonds. The Morgan fingerprint density at radius 2 is 2.07 bits per heavy atom. The summed E-state index contributed by atoms with van der Waals surface area (Å²) >= 11 is 0. The summed E-state index contributed by atoms with van der Waals surface area (Å²) in [5, 5.41) is 3.00. The van der Waals surface area contributed by atoms with E-state index in [1.807, 2.05) is 23.8 Å². The lowest BCUT2D eigenvalue weighted by Crippen LogP contribution is -1.85. The van der Waals surface area contributed by atoms with E-state index in [9.17, 15) is 0 Å². The van der Waals surface area contributed by atoms with Crippen molar-refractivity contribution in [3.05, 3.63) is 30.1 Å². The second kappa shape index (κ2) is 5.08. The van der Waals surface area contributed by atoms with Gasteiger partial charge >= 0.3 is 0 Å². The minimum atomic E-state index is 0. The molecule has 0 saturated carbocycles. The zero-order valence-corrected chi connectivity index (χ0v) is 9.65. The Balaban J connectivity index is 0.000000845. The number of pyridine rings is 1. The van der Waals surface area contributed by atoms with Crippen LogP contribution in [0.15, 0.2) is 24.5 Å². The fourth-order valence-electron chi connectivity index (χ4n) is 1.20. The number of imidazole rings is 1. The number of nitrogens with one attached hydrogen (secondary N) is 1. The summed E-state index contributed by atoms with van der Waals surface area (Å²) in [5.41, 5.74) is 2.22. The van der Waals surface area contributed by atoms with Crippen molar-refractivity contribution in [2.75, 3.05) is 12.4 Å². The van der Waals surface area contributed by atoms with Gasteiger partial charge in [0, 0.05) is 13.2 Å². The maximum Gasteiger partial charge on any atom is 0.145 e. The first-order valence-corrected chi connectivity index (χ1v) is 3.93. The third kappa shape index (κ3) is 2.30. The molecule has 5 heteroatoms. The molecule has 78 valence electrons. The fourth-order valence-corrected chi connectivity index (χ4v) is 1.20. The normalized spacial score (nSPS) is 9.00. The van der Waals surface area contributed by atoms with Crippen LogP contribution >= 0.6 is 24.8 Å². The molecule has 0 bridgehead atoms. The predicted molar refractivity (Wildman–Crippen MR) is 64.0 cm³/mol. The molecule has 0 aromatic carbocycles. The first kappa shape index (κ1) is 13.1. The van der Waals surface area contributed by atoms with E-state index < -0.39 is 0 Å². The van der Waals surface area contributed by atoms with E-state index in [0.29, 0.717) is 0 Å². The van der Waals surface area contributed by atoms with Crippen LogP contribution < -0.4 is 5.32 Å². The zero-order chi connectivity index (χ0) is 8.55. The van der Waals surface area contributed by atoms with Crippen molar-refractivity contribution in [2.24, 2.45) is 0 Å². The minimum absolute atomic E-state index is 0. The van der Waals surface area contributed by atoms with E-state index in [4.69, 9.17) is 0 Å². The van der Waals surface area contributed by atoms with Crippen LogP contribution in [0.5, 0.6) is 0 Å². The largest absolute Gasteiger partial charge is 0.372 e. The second-order valence-electron chi connectivity index (χ2n) is 2.85. The van der Waals surface area contributed by atoms with Crippen molar-refractivity contribution in [3.63, 3.8) is 0 Å². The van der Waals surface area contributed by atoms with Crippen LogP contribution in [0.1, 0.15) is 5.56 Å². The van der Waals surface area contributed by atoms with Crippen molar-refractivity contribution in [1.82, 2.24) is 9.38 Å². The first-order valence-electron chi connectivity index (χ1n) is 3.93. The molecule has 0 saturated heterocycles. The highest BCUT2D eigenvalue weighted by atomic mass is 35.5. The maximum atomic E-state index is 4.34. The van der Waals surface area contributed by atoms with Gasteiger partial charge in [0.25, 0.3) is 0 Å². The van der Waals surface area contributed by atoms with Crippen LogP contribution in [0.4, 0.5) is 5.82 Å². The molecule has 2 aromatic heterocycles. The van der Waals surface area contributed by atoms with Crippen LogP contribution in [-0.4, -0.2) is 16.4 Å². The topological polar surface area (TPSA) is 29.3 Å². The molecule has 1 N–H and O–H groups in total. The Labute approximate surface area is 95.4 Å². The van der Waals surface area contributed by atoms with Gasteiger partial charge in [-0.2, -0.15) is 0 Å². The highest BCUT2D eigenvalue weighted by molar-refractivity contribution is 5.85. The maximum absolute atomic E-state index is 4.34. The van der Waals surface area contributed by atoms with Crippen LogP contribution in [0, 0.1) is 6.92 Å². The quantitative estimate of drug-likeness (QED) is 0.821. The summed E-state index contributed by atoms with van der Waals surface area (Å²) in [4.78, 5) is 4.34. The summed E-state index contributed by atoms with van der Waals surface area (Å²) in [5.74, 6) is 0.903. The molecule has 0 radical (unpaired) electrons. The van der Waals surface area contributed by atoms with Crippen LogP contribution in [0.25, 0.3) is 5.65 Å². The van der Waals surface area contributed by atoms with Gasteiger partial charge in [-0.1, -0.05) is 0 Å². The van der Waals surface area contributed by atoms with E-state index in [0.717, 1.165) is 11.5 Å². The van der Waals surface area contributed by atoms with Crippen molar-refractivity contribution in [1.29, 1.82) is 0 Å². The Kier molecular flexibility index (Phi) is 4.74. The summed E-state index contributed by atoms with van der Waals surface area (Å²) in [6.45, 7) is 2.06. The van der Waals surface area contributed by atoms with E-state index in [1.54, 1.807) is 0 Å². The second-order valence-corrected chi connectivity index (χ2v) is 2.85. The third-order valence-corrected chi connectivity index (χ3v) is 1.87. The van der Waals surface area contributed by atoms with E-state index in [2.05, 4.69) is 29.4 Å². The van der Waals surface area contributed by atoms with Gasteiger partial charge in [0.2, 0.25) is 0 Å². The summed E-state index contributed by atoms with van der Waals surface area (Å²) < 4.78 is 2.00. The SMILES string of the molecule is CNc1cn2ccc(C)cc2n1.Cl.Cl. The minimum Gasteiger partial charge on any atom is -0.372 e. The van der Waals surface area contributed by atoms with Gasteiger partial charge in [-0.05, 0) is 24.6 Å². The number of aromatic nitrogens is 2. The van der Waals surface area contributed by atoms with Gasteiger partial charge in [0.05, 0.1) is 6.20 Å². The van der Waals surface area contributed by atoms with Gasteiger partial charge in [0.1, 0.15) is 11.5 Å². The van der Waals surface area contributed by atoms with Gasteiger partial charge < -0.3 is 9.72 Å².